The van der Waals surface area contributed by atoms with Crippen LogP contribution in [0.25, 0.3) is 11.1 Å². The first kappa shape index (κ1) is 25.1. The molecular formula is C23H27N7O5S. The third-order valence-electron chi connectivity index (χ3n) is 5.68. The maximum atomic E-state index is 12.7. The first-order valence-electron chi connectivity index (χ1n) is 11.1. The van der Waals surface area contributed by atoms with Crippen molar-refractivity contribution in [2.75, 3.05) is 35.4 Å². The van der Waals surface area contributed by atoms with E-state index < -0.39 is 15.9 Å². The summed E-state index contributed by atoms with van der Waals surface area (Å²) in [7, 11) is 0.857. The number of hydroxylamine groups is 1. The van der Waals surface area contributed by atoms with Crippen molar-refractivity contribution in [2.24, 2.45) is 13.0 Å². The van der Waals surface area contributed by atoms with Gasteiger partial charge in [-0.05, 0) is 18.9 Å². The van der Waals surface area contributed by atoms with Crippen LogP contribution in [0, 0.1) is 5.92 Å². The molecule has 1 saturated carbocycles. The first-order chi connectivity index (χ1) is 17.1. The van der Waals surface area contributed by atoms with E-state index in [4.69, 9.17) is 4.84 Å². The number of nitrogens with one attached hydrogen (secondary N) is 3. The molecule has 1 aliphatic carbocycles. The summed E-state index contributed by atoms with van der Waals surface area (Å²) in [6.07, 6.45) is 7.47. The highest BCUT2D eigenvalue weighted by atomic mass is 32.2. The minimum Gasteiger partial charge on any atom is -0.353 e. The Morgan fingerprint density at radius 2 is 1.94 bits per heavy atom. The van der Waals surface area contributed by atoms with Crippen LogP contribution in [0.2, 0.25) is 0 Å². The zero-order valence-electron chi connectivity index (χ0n) is 20.3. The second-order valence-electron chi connectivity index (χ2n) is 8.47. The normalized spacial score (nSPS) is 13.2. The average molecular weight is 514 g/mol. The lowest BCUT2D eigenvalue weighted by atomic mass is 10.1. The van der Waals surface area contributed by atoms with Crippen molar-refractivity contribution >= 4 is 44.7 Å². The average Bonchev–Trinajstić information content (AvgIpc) is 3.59. The molecule has 0 unspecified atom stereocenters. The van der Waals surface area contributed by atoms with Gasteiger partial charge in [-0.25, -0.2) is 18.9 Å². The van der Waals surface area contributed by atoms with Gasteiger partial charge in [-0.3, -0.25) is 23.4 Å². The molecule has 2 aromatic heterocycles. The molecule has 0 bridgehead atoms. The van der Waals surface area contributed by atoms with Crippen molar-refractivity contribution in [3.8, 4) is 11.1 Å². The summed E-state index contributed by atoms with van der Waals surface area (Å²) in [6, 6.07) is 6.76. The first-order valence-corrected chi connectivity index (χ1v) is 12.9. The van der Waals surface area contributed by atoms with Crippen molar-refractivity contribution in [1.29, 1.82) is 0 Å². The van der Waals surface area contributed by atoms with Crippen molar-refractivity contribution in [1.82, 2.24) is 20.2 Å². The third-order valence-corrected chi connectivity index (χ3v) is 6.85. The number of hydrogen-bond acceptors (Lipinski definition) is 8. The molecule has 13 heteroatoms. The van der Waals surface area contributed by atoms with Gasteiger partial charge in [-0.2, -0.15) is 5.10 Å². The number of carbonyl (C=O) groups is 2. The second-order valence-corrected chi connectivity index (χ2v) is 10.5. The summed E-state index contributed by atoms with van der Waals surface area (Å²) in [5, 5.41) is 10.1. The molecule has 0 saturated heterocycles. The topological polar surface area (TPSA) is 148 Å². The molecule has 2 amide bonds. The van der Waals surface area contributed by atoms with E-state index in [1.165, 1.54) is 26.4 Å². The summed E-state index contributed by atoms with van der Waals surface area (Å²) >= 11 is 0. The predicted molar refractivity (Wildman–Crippen MR) is 135 cm³/mol. The van der Waals surface area contributed by atoms with E-state index in [0.29, 0.717) is 22.5 Å². The number of nitrogens with zero attached hydrogens (tertiary/aromatic N) is 4. The molecule has 4 rings (SSSR count). The lowest BCUT2D eigenvalue weighted by molar-refractivity contribution is -0.117. The van der Waals surface area contributed by atoms with Crippen molar-refractivity contribution in [3.63, 3.8) is 0 Å². The van der Waals surface area contributed by atoms with Crippen LogP contribution in [-0.4, -0.2) is 55.4 Å². The van der Waals surface area contributed by atoms with E-state index >= 15 is 0 Å². The number of carbonyl (C=O) groups excluding carboxylic acids is 2. The number of hydrogen-bond donors (Lipinski definition) is 3. The summed E-state index contributed by atoms with van der Waals surface area (Å²) in [5.41, 5.74) is 4.74. The van der Waals surface area contributed by atoms with Gasteiger partial charge >= 0.3 is 0 Å². The highest BCUT2D eigenvalue weighted by Gasteiger charge is 2.30. The predicted octanol–water partition coefficient (Wildman–Crippen LogP) is 2.26. The maximum absolute atomic E-state index is 12.7. The lowest BCUT2D eigenvalue weighted by Gasteiger charge is -2.24. The highest BCUT2D eigenvalue weighted by Crippen LogP contribution is 2.40. The Balaban J connectivity index is 1.82. The minimum absolute atomic E-state index is 0.0362. The molecule has 3 N–H and O–H groups in total. The van der Waals surface area contributed by atoms with Gasteiger partial charge in [0.15, 0.2) is 0 Å². The van der Waals surface area contributed by atoms with Crippen LogP contribution >= 0.6 is 0 Å². The summed E-state index contributed by atoms with van der Waals surface area (Å²) in [5.74, 6) is -0.497. The molecule has 0 aliphatic heterocycles. The van der Waals surface area contributed by atoms with E-state index in [0.717, 1.165) is 23.4 Å². The molecule has 0 atom stereocenters. The smallest absolute Gasteiger partial charge is 0.278 e. The Kier molecular flexibility index (Phi) is 6.95. The molecule has 0 spiro atoms. The number of para-hydroxylation sites is 1. The van der Waals surface area contributed by atoms with Gasteiger partial charge in [0, 0.05) is 49.6 Å². The fourth-order valence-corrected chi connectivity index (χ4v) is 4.15. The molecule has 3 aromatic rings. The van der Waals surface area contributed by atoms with Gasteiger partial charge in [0.25, 0.3) is 5.91 Å². The van der Waals surface area contributed by atoms with Gasteiger partial charge in [0.1, 0.15) is 5.82 Å². The SMILES string of the molecule is CONC(=O)c1cnc(NC(=O)C2CC2)cc1Nc1cccc(-c2cnn(C)c2)c1N(C)S(C)(=O)=O. The Morgan fingerprint density at radius 1 is 1.19 bits per heavy atom. The summed E-state index contributed by atoms with van der Waals surface area (Å²) < 4.78 is 27.9. The van der Waals surface area contributed by atoms with Crippen molar-refractivity contribution in [2.45, 2.75) is 12.8 Å². The molecule has 0 radical (unpaired) electrons. The van der Waals surface area contributed by atoms with Gasteiger partial charge in [0.05, 0.1) is 42.2 Å². The summed E-state index contributed by atoms with van der Waals surface area (Å²) in [6.45, 7) is 0. The quantitative estimate of drug-likeness (QED) is 0.369. The van der Waals surface area contributed by atoms with Crippen LogP contribution in [0.3, 0.4) is 0 Å². The fraction of sp³-hybridized carbons (Fsp3) is 0.304. The van der Waals surface area contributed by atoms with E-state index in [1.807, 2.05) is 0 Å². The van der Waals surface area contributed by atoms with Crippen LogP contribution < -0.4 is 20.4 Å². The molecule has 190 valence electrons. The van der Waals surface area contributed by atoms with E-state index in [-0.39, 0.29) is 28.9 Å². The molecule has 1 fully saturated rings. The number of amides is 2. The lowest BCUT2D eigenvalue weighted by Crippen LogP contribution is -2.26. The van der Waals surface area contributed by atoms with Gasteiger partial charge in [-0.1, -0.05) is 12.1 Å². The van der Waals surface area contributed by atoms with Gasteiger partial charge in [-0.15, -0.1) is 0 Å². The highest BCUT2D eigenvalue weighted by molar-refractivity contribution is 7.92. The van der Waals surface area contributed by atoms with Crippen LogP contribution in [0.1, 0.15) is 23.2 Å². The monoisotopic (exact) mass is 513 g/mol. The fourth-order valence-electron chi connectivity index (χ4n) is 3.62. The van der Waals surface area contributed by atoms with Crippen LogP contribution in [-0.2, 0) is 26.7 Å². The van der Waals surface area contributed by atoms with E-state index in [9.17, 15) is 18.0 Å². The van der Waals surface area contributed by atoms with Gasteiger partial charge in [0.2, 0.25) is 15.9 Å². The Labute approximate surface area is 208 Å². The Morgan fingerprint density at radius 3 is 2.56 bits per heavy atom. The zero-order chi connectivity index (χ0) is 26.0. The number of sulfonamides is 1. The van der Waals surface area contributed by atoms with Crippen molar-refractivity contribution in [3.05, 3.63) is 48.4 Å². The molecule has 1 aliphatic rings. The number of aryl methyl sites for hydroxylation is 1. The van der Waals surface area contributed by atoms with Crippen LogP contribution in [0.4, 0.5) is 22.9 Å². The molecule has 12 nitrogen and oxygen atoms in total. The Bertz CT molecular complexity index is 1420. The summed E-state index contributed by atoms with van der Waals surface area (Å²) in [4.78, 5) is 33.9. The van der Waals surface area contributed by atoms with Gasteiger partial charge < -0.3 is 10.6 Å². The molecule has 2 heterocycles. The molecule has 36 heavy (non-hydrogen) atoms. The zero-order valence-corrected chi connectivity index (χ0v) is 21.1. The third kappa shape index (κ3) is 5.47. The standard InChI is InChI=1S/C23H27N7O5S/c1-29-13-15(11-25-29)16-6-5-7-18(21(16)30(2)36(4,33)34)26-19-10-20(27-22(31)14-8-9-14)24-12-17(19)23(32)28-35-3/h5-7,10-14H,8-9H2,1-4H3,(H,28,32)(H2,24,26,27,31). The maximum Gasteiger partial charge on any atom is 0.278 e. The largest absolute Gasteiger partial charge is 0.353 e. The molecule has 1 aromatic carbocycles. The number of benzene rings is 1. The second kappa shape index (κ2) is 9.95. The number of aromatic nitrogens is 3. The van der Waals surface area contributed by atoms with Crippen molar-refractivity contribution < 1.29 is 22.8 Å². The number of anilines is 4. The number of rotatable bonds is 9. The number of pyridine rings is 1. The minimum atomic E-state index is -3.66. The molecular weight excluding hydrogens is 486 g/mol. The van der Waals surface area contributed by atoms with E-state index in [2.05, 4.69) is 26.2 Å². The van der Waals surface area contributed by atoms with Crippen LogP contribution in [0.5, 0.6) is 0 Å². The van der Waals surface area contributed by atoms with E-state index in [1.54, 1.807) is 42.3 Å². The van der Waals surface area contributed by atoms with Crippen LogP contribution in [0.15, 0.2) is 42.9 Å². The Hall–Kier alpha value is -3.97.